The second kappa shape index (κ2) is 8.62. The van der Waals surface area contributed by atoms with E-state index >= 15 is 0 Å². The van der Waals surface area contributed by atoms with Crippen LogP contribution in [-0.4, -0.2) is 27.4 Å². The lowest BCUT2D eigenvalue weighted by Gasteiger charge is -2.14. The molecule has 0 bridgehead atoms. The summed E-state index contributed by atoms with van der Waals surface area (Å²) in [5, 5.41) is 1.32. The molecule has 0 radical (unpaired) electrons. The zero-order valence-corrected chi connectivity index (χ0v) is 13.0. The summed E-state index contributed by atoms with van der Waals surface area (Å²) < 4.78 is 16.1. The van der Waals surface area contributed by atoms with E-state index in [9.17, 15) is 0 Å². The fourth-order valence-corrected chi connectivity index (χ4v) is 2.21. The van der Waals surface area contributed by atoms with Gasteiger partial charge in [0, 0.05) is 35.7 Å². The maximum atomic E-state index is 6.01. The van der Waals surface area contributed by atoms with E-state index < -0.39 is 0 Å². The molecule has 0 unspecified atom stereocenters. The first kappa shape index (κ1) is 15.6. The minimum Gasteiger partial charge on any atom is -0.493 e. The van der Waals surface area contributed by atoms with Crippen LogP contribution >= 0.6 is 27.5 Å². The molecule has 0 aliphatic rings. The molecule has 0 saturated heterocycles. The lowest BCUT2D eigenvalue weighted by Crippen LogP contribution is -2.03. The van der Waals surface area contributed by atoms with Gasteiger partial charge in [0.2, 0.25) is 0 Å². The lowest BCUT2D eigenvalue weighted by molar-refractivity contribution is 0.183. The zero-order chi connectivity index (χ0) is 13.4. The first-order valence-electron chi connectivity index (χ1n) is 5.77. The Kier molecular flexibility index (Phi) is 7.47. The first-order valence-corrected chi connectivity index (χ1v) is 7.27. The summed E-state index contributed by atoms with van der Waals surface area (Å²) in [7, 11) is 3.31. The Labute approximate surface area is 121 Å². The summed E-state index contributed by atoms with van der Waals surface area (Å²) >= 11 is 9.43. The summed E-state index contributed by atoms with van der Waals surface area (Å²) in [5.74, 6) is 1.43. The molecule has 18 heavy (non-hydrogen) atoms. The van der Waals surface area contributed by atoms with Crippen LogP contribution < -0.4 is 9.47 Å². The van der Waals surface area contributed by atoms with E-state index in [1.54, 1.807) is 20.3 Å². The summed E-state index contributed by atoms with van der Waals surface area (Å²) in [6.07, 6.45) is 1.93. The van der Waals surface area contributed by atoms with E-state index in [-0.39, 0.29) is 0 Å². The Bertz CT molecular complexity index is 346. The van der Waals surface area contributed by atoms with Crippen LogP contribution in [0.2, 0.25) is 5.02 Å². The second-order valence-electron chi connectivity index (χ2n) is 3.78. The van der Waals surface area contributed by atoms with Crippen molar-refractivity contribution in [1.82, 2.24) is 0 Å². The Morgan fingerprint density at radius 2 is 1.89 bits per heavy atom. The third kappa shape index (κ3) is 4.67. The minimum absolute atomic E-state index is 0.640. The van der Waals surface area contributed by atoms with Crippen LogP contribution in [-0.2, 0) is 10.1 Å². The maximum Gasteiger partial charge on any atom is 0.165 e. The average molecular weight is 338 g/mol. The molecule has 0 fully saturated rings. The van der Waals surface area contributed by atoms with Gasteiger partial charge in [-0.15, -0.1) is 0 Å². The molecular weight excluding hydrogens is 319 g/mol. The van der Waals surface area contributed by atoms with Crippen LogP contribution in [0.15, 0.2) is 12.1 Å². The van der Waals surface area contributed by atoms with Crippen molar-refractivity contribution >= 4 is 27.5 Å². The molecular formula is C13H18BrClO3. The fraction of sp³-hybridized carbons (Fsp3) is 0.538. The van der Waals surface area contributed by atoms with Crippen LogP contribution in [0.3, 0.4) is 0 Å². The van der Waals surface area contributed by atoms with Gasteiger partial charge in [0.05, 0.1) is 13.7 Å². The van der Waals surface area contributed by atoms with E-state index in [2.05, 4.69) is 15.9 Å². The molecule has 1 aromatic rings. The monoisotopic (exact) mass is 336 g/mol. The lowest BCUT2D eigenvalue weighted by atomic mass is 10.2. The smallest absolute Gasteiger partial charge is 0.165 e. The van der Waals surface area contributed by atoms with Crippen molar-refractivity contribution in [3.63, 3.8) is 0 Å². The highest BCUT2D eigenvalue weighted by atomic mass is 79.9. The van der Waals surface area contributed by atoms with E-state index in [1.165, 1.54) is 0 Å². The van der Waals surface area contributed by atoms with E-state index in [0.29, 0.717) is 22.7 Å². The second-order valence-corrected chi connectivity index (χ2v) is 4.78. The van der Waals surface area contributed by atoms with Crippen LogP contribution in [0.4, 0.5) is 0 Å². The van der Waals surface area contributed by atoms with Gasteiger partial charge in [0.25, 0.3) is 0 Å². The molecule has 3 nitrogen and oxygen atoms in total. The van der Waals surface area contributed by atoms with Crippen molar-refractivity contribution in [1.29, 1.82) is 0 Å². The van der Waals surface area contributed by atoms with Gasteiger partial charge < -0.3 is 14.2 Å². The third-order valence-corrected chi connectivity index (χ3v) is 3.27. The third-order valence-electron chi connectivity index (χ3n) is 2.45. The molecule has 0 aliphatic carbocycles. The van der Waals surface area contributed by atoms with E-state index in [0.717, 1.165) is 30.8 Å². The van der Waals surface area contributed by atoms with Crippen molar-refractivity contribution in [3.8, 4) is 11.5 Å². The van der Waals surface area contributed by atoms with Gasteiger partial charge in [-0.25, -0.2) is 0 Å². The number of methoxy groups -OCH3 is 2. The van der Waals surface area contributed by atoms with Crippen molar-refractivity contribution in [2.75, 3.05) is 27.4 Å². The van der Waals surface area contributed by atoms with Gasteiger partial charge in [-0.3, -0.25) is 0 Å². The zero-order valence-electron chi connectivity index (χ0n) is 10.7. The predicted molar refractivity (Wildman–Crippen MR) is 77.2 cm³/mol. The van der Waals surface area contributed by atoms with E-state index in [4.69, 9.17) is 25.8 Å². The molecule has 0 spiro atoms. The largest absolute Gasteiger partial charge is 0.493 e. The fourth-order valence-electron chi connectivity index (χ4n) is 1.56. The maximum absolute atomic E-state index is 6.01. The molecule has 0 heterocycles. The quantitative estimate of drug-likeness (QED) is 0.529. The highest BCUT2D eigenvalue weighted by molar-refractivity contribution is 9.08. The van der Waals surface area contributed by atoms with Gasteiger partial charge in [0.15, 0.2) is 11.5 Å². The van der Waals surface area contributed by atoms with Crippen molar-refractivity contribution in [2.45, 2.75) is 18.2 Å². The summed E-state index contributed by atoms with van der Waals surface area (Å²) in [4.78, 5) is 0. The number of hydrogen-bond donors (Lipinski definition) is 0. The molecule has 1 rings (SSSR count). The SMILES string of the molecule is COCCCCOc1c(CBr)cc(Cl)cc1OC. The number of benzene rings is 1. The molecule has 0 atom stereocenters. The Morgan fingerprint density at radius 1 is 1.17 bits per heavy atom. The molecule has 0 aromatic heterocycles. The van der Waals surface area contributed by atoms with Gasteiger partial charge in [-0.05, 0) is 18.9 Å². The number of hydrogen-bond acceptors (Lipinski definition) is 3. The van der Waals surface area contributed by atoms with Crippen LogP contribution in [0, 0.1) is 0 Å². The number of ether oxygens (including phenoxy) is 3. The standard InChI is InChI=1S/C13H18BrClO3/c1-16-5-3-4-6-18-13-10(9-14)7-11(15)8-12(13)17-2/h7-8H,3-6,9H2,1-2H3. The Morgan fingerprint density at radius 3 is 2.50 bits per heavy atom. The average Bonchev–Trinajstić information content (AvgIpc) is 2.39. The highest BCUT2D eigenvalue weighted by Crippen LogP contribution is 2.36. The van der Waals surface area contributed by atoms with Crippen LogP contribution in [0.5, 0.6) is 11.5 Å². The van der Waals surface area contributed by atoms with Crippen molar-refractivity contribution < 1.29 is 14.2 Å². The summed E-state index contributed by atoms with van der Waals surface area (Å²) in [6.45, 7) is 1.40. The normalized spacial score (nSPS) is 10.4. The number of unbranched alkanes of at least 4 members (excludes halogenated alkanes) is 1. The molecule has 1 aromatic carbocycles. The van der Waals surface area contributed by atoms with Gasteiger partial charge in [-0.2, -0.15) is 0 Å². The minimum atomic E-state index is 0.640. The number of alkyl halides is 1. The molecule has 0 N–H and O–H groups in total. The first-order chi connectivity index (χ1) is 8.72. The predicted octanol–water partition coefficient (Wildman–Crippen LogP) is 4.05. The molecule has 0 amide bonds. The van der Waals surface area contributed by atoms with E-state index in [1.807, 2.05) is 6.07 Å². The Hall–Kier alpha value is -0.450. The molecule has 0 aliphatic heterocycles. The highest BCUT2D eigenvalue weighted by Gasteiger charge is 2.11. The topological polar surface area (TPSA) is 27.7 Å². The Balaban J connectivity index is 2.67. The summed E-state index contributed by atoms with van der Waals surface area (Å²) in [5.41, 5.74) is 0.992. The van der Waals surface area contributed by atoms with Gasteiger partial charge in [-0.1, -0.05) is 27.5 Å². The van der Waals surface area contributed by atoms with Gasteiger partial charge in [0.1, 0.15) is 0 Å². The molecule has 0 saturated carbocycles. The van der Waals surface area contributed by atoms with Crippen LogP contribution in [0.25, 0.3) is 0 Å². The molecule has 5 heteroatoms. The van der Waals surface area contributed by atoms with Crippen molar-refractivity contribution in [3.05, 3.63) is 22.7 Å². The summed E-state index contributed by atoms with van der Waals surface area (Å²) in [6, 6.07) is 3.64. The number of rotatable bonds is 8. The number of halogens is 2. The van der Waals surface area contributed by atoms with Gasteiger partial charge >= 0.3 is 0 Å². The molecule has 102 valence electrons. The van der Waals surface area contributed by atoms with Crippen molar-refractivity contribution in [2.24, 2.45) is 0 Å². The van der Waals surface area contributed by atoms with Crippen LogP contribution in [0.1, 0.15) is 18.4 Å².